The molecule has 0 atom stereocenters. The number of aryl methyl sites for hydroxylation is 2. The van der Waals surface area contributed by atoms with Crippen molar-refractivity contribution in [2.45, 2.75) is 61.8 Å². The highest BCUT2D eigenvalue weighted by Crippen LogP contribution is 2.29. The maximum atomic E-state index is 13.0. The highest BCUT2D eigenvalue weighted by Gasteiger charge is 2.40. The molecule has 1 aromatic carbocycles. The first-order valence-corrected chi connectivity index (χ1v) is 11.5. The van der Waals surface area contributed by atoms with E-state index in [1.54, 1.807) is 11.0 Å². The molecule has 4 rings (SSSR count). The van der Waals surface area contributed by atoms with Gasteiger partial charge in [0.05, 0.1) is 10.4 Å². The van der Waals surface area contributed by atoms with E-state index >= 15 is 0 Å². The monoisotopic (exact) mass is 427 g/mol. The molecule has 1 heterocycles. The Morgan fingerprint density at radius 1 is 0.929 bits per heavy atom. The van der Waals surface area contributed by atoms with E-state index in [1.807, 2.05) is 12.1 Å². The van der Waals surface area contributed by atoms with E-state index in [9.17, 15) is 13.2 Å². The molecule has 1 saturated carbocycles. The SMILES string of the molecule is Cl.NC1(C(=O)N2CCN(S(=O)(=O)c3ccc4c(c3)CCC4)CC2)CCCCC1. The van der Waals surface area contributed by atoms with E-state index in [4.69, 9.17) is 5.73 Å². The van der Waals surface area contributed by atoms with Crippen LogP contribution in [-0.2, 0) is 27.7 Å². The second-order valence-corrected chi connectivity index (χ2v) is 10.1. The third kappa shape index (κ3) is 3.95. The molecule has 0 unspecified atom stereocenters. The summed E-state index contributed by atoms with van der Waals surface area (Å²) in [5.74, 6) is -0.00298. The number of amides is 1. The summed E-state index contributed by atoms with van der Waals surface area (Å²) < 4.78 is 27.6. The summed E-state index contributed by atoms with van der Waals surface area (Å²) in [7, 11) is -3.51. The third-order valence-electron chi connectivity index (χ3n) is 6.41. The summed E-state index contributed by atoms with van der Waals surface area (Å²) in [6, 6.07) is 5.52. The van der Waals surface area contributed by atoms with E-state index in [-0.39, 0.29) is 18.3 Å². The van der Waals surface area contributed by atoms with Crippen LogP contribution in [0.5, 0.6) is 0 Å². The maximum Gasteiger partial charge on any atom is 0.243 e. The Bertz CT molecular complexity index is 829. The normalized spacial score (nSPS) is 22.4. The van der Waals surface area contributed by atoms with Crippen molar-refractivity contribution in [2.24, 2.45) is 5.73 Å². The van der Waals surface area contributed by atoms with Crippen LogP contribution < -0.4 is 5.73 Å². The summed E-state index contributed by atoms with van der Waals surface area (Å²) in [6.07, 6.45) is 7.69. The van der Waals surface area contributed by atoms with E-state index in [1.165, 1.54) is 9.87 Å². The van der Waals surface area contributed by atoms with Crippen molar-refractivity contribution >= 4 is 28.3 Å². The number of nitrogens with two attached hydrogens (primary N) is 1. The molecule has 1 saturated heterocycles. The maximum absolute atomic E-state index is 13.0. The van der Waals surface area contributed by atoms with Crippen LogP contribution in [0.2, 0.25) is 0 Å². The van der Waals surface area contributed by atoms with Crippen molar-refractivity contribution < 1.29 is 13.2 Å². The van der Waals surface area contributed by atoms with Gasteiger partial charge in [-0.25, -0.2) is 8.42 Å². The topological polar surface area (TPSA) is 83.7 Å². The van der Waals surface area contributed by atoms with Crippen LogP contribution in [-0.4, -0.2) is 55.2 Å². The molecule has 1 aromatic rings. The number of nitrogens with zero attached hydrogens (tertiary/aromatic N) is 2. The van der Waals surface area contributed by atoms with Crippen LogP contribution in [0.4, 0.5) is 0 Å². The smallest absolute Gasteiger partial charge is 0.243 e. The average Bonchev–Trinajstić information content (AvgIpc) is 3.16. The Morgan fingerprint density at radius 3 is 2.25 bits per heavy atom. The zero-order chi connectivity index (χ0) is 19.1. The van der Waals surface area contributed by atoms with E-state index in [0.29, 0.717) is 31.1 Å². The van der Waals surface area contributed by atoms with Crippen molar-refractivity contribution in [1.82, 2.24) is 9.21 Å². The predicted octanol–water partition coefficient (Wildman–Crippen LogP) is 2.09. The van der Waals surface area contributed by atoms with Crippen LogP contribution in [0.3, 0.4) is 0 Å². The molecule has 3 aliphatic rings. The standard InChI is InChI=1S/C20H29N3O3S.ClH/c21-20(9-2-1-3-10-20)19(24)22-11-13-23(14-12-22)27(25,26)18-8-7-16-5-4-6-17(16)15-18;/h7-8,15H,1-6,9-14,21H2;1H. The largest absolute Gasteiger partial charge is 0.338 e. The van der Waals surface area contributed by atoms with Gasteiger partial charge in [0.15, 0.2) is 0 Å². The van der Waals surface area contributed by atoms with E-state index in [0.717, 1.165) is 56.9 Å². The number of rotatable bonds is 3. The number of hydrogen-bond acceptors (Lipinski definition) is 4. The molecule has 1 amide bonds. The van der Waals surface area contributed by atoms with Crippen LogP contribution in [0.15, 0.2) is 23.1 Å². The molecule has 8 heteroatoms. The lowest BCUT2D eigenvalue weighted by molar-refractivity contribution is -0.139. The van der Waals surface area contributed by atoms with Crippen LogP contribution in [0.25, 0.3) is 0 Å². The van der Waals surface area contributed by atoms with Gasteiger partial charge in [-0.15, -0.1) is 12.4 Å². The Kier molecular flexibility index (Phi) is 6.39. The molecule has 1 aliphatic heterocycles. The summed E-state index contributed by atoms with van der Waals surface area (Å²) in [4.78, 5) is 15.0. The molecule has 28 heavy (non-hydrogen) atoms. The second-order valence-electron chi connectivity index (χ2n) is 8.20. The minimum Gasteiger partial charge on any atom is -0.338 e. The summed E-state index contributed by atoms with van der Waals surface area (Å²) in [5.41, 5.74) is 8.05. The van der Waals surface area contributed by atoms with Crippen molar-refractivity contribution in [3.63, 3.8) is 0 Å². The molecule has 2 aliphatic carbocycles. The highest BCUT2D eigenvalue weighted by molar-refractivity contribution is 7.89. The molecule has 0 radical (unpaired) electrons. The van der Waals surface area contributed by atoms with Gasteiger partial charge in [0.1, 0.15) is 0 Å². The van der Waals surface area contributed by atoms with Crippen LogP contribution in [0, 0.1) is 0 Å². The lowest BCUT2D eigenvalue weighted by Gasteiger charge is -2.40. The van der Waals surface area contributed by atoms with Gasteiger partial charge in [0, 0.05) is 26.2 Å². The average molecular weight is 428 g/mol. The van der Waals surface area contributed by atoms with E-state index in [2.05, 4.69) is 0 Å². The fraction of sp³-hybridized carbons (Fsp3) is 0.650. The van der Waals surface area contributed by atoms with Crippen molar-refractivity contribution in [3.05, 3.63) is 29.3 Å². The zero-order valence-corrected chi connectivity index (χ0v) is 17.9. The molecule has 0 bridgehead atoms. The Morgan fingerprint density at radius 2 is 1.57 bits per heavy atom. The summed E-state index contributed by atoms with van der Waals surface area (Å²) in [6.45, 7) is 1.51. The molecular weight excluding hydrogens is 398 g/mol. The second kappa shape index (κ2) is 8.30. The summed E-state index contributed by atoms with van der Waals surface area (Å²) in [5, 5.41) is 0. The molecule has 6 nitrogen and oxygen atoms in total. The fourth-order valence-corrected chi connectivity index (χ4v) is 6.17. The zero-order valence-electron chi connectivity index (χ0n) is 16.2. The van der Waals surface area contributed by atoms with Gasteiger partial charge in [-0.3, -0.25) is 4.79 Å². The first-order chi connectivity index (χ1) is 12.9. The predicted molar refractivity (Wildman–Crippen MR) is 111 cm³/mol. The van der Waals surface area contributed by atoms with Gasteiger partial charge in [-0.05, 0) is 55.4 Å². The van der Waals surface area contributed by atoms with Crippen LogP contribution in [0.1, 0.15) is 49.7 Å². The Balaban J connectivity index is 0.00000225. The van der Waals surface area contributed by atoms with Crippen molar-refractivity contribution in [1.29, 1.82) is 0 Å². The Hall–Kier alpha value is -1.15. The number of carbonyl (C=O) groups excluding carboxylic acids is 1. The first kappa shape index (κ1) is 21.6. The van der Waals surface area contributed by atoms with Gasteiger partial charge in [0.2, 0.25) is 15.9 Å². The van der Waals surface area contributed by atoms with E-state index < -0.39 is 15.6 Å². The van der Waals surface area contributed by atoms with Gasteiger partial charge in [-0.1, -0.05) is 25.3 Å². The van der Waals surface area contributed by atoms with Crippen molar-refractivity contribution in [2.75, 3.05) is 26.2 Å². The lowest BCUT2D eigenvalue weighted by Crippen LogP contribution is -2.60. The number of fused-ring (bicyclic) bond motifs is 1. The summed E-state index contributed by atoms with van der Waals surface area (Å²) >= 11 is 0. The lowest BCUT2D eigenvalue weighted by atomic mass is 9.81. The third-order valence-corrected chi connectivity index (χ3v) is 8.30. The quantitative estimate of drug-likeness (QED) is 0.800. The van der Waals surface area contributed by atoms with Gasteiger partial charge in [0.25, 0.3) is 0 Å². The number of halogens is 1. The minimum absolute atomic E-state index is 0. The molecule has 156 valence electrons. The van der Waals surface area contributed by atoms with Gasteiger partial charge in [-0.2, -0.15) is 4.31 Å². The number of piperazine rings is 1. The first-order valence-electron chi connectivity index (χ1n) is 10.1. The molecule has 2 fully saturated rings. The molecular formula is C20H30ClN3O3S. The fourth-order valence-electron chi connectivity index (χ4n) is 4.70. The molecule has 0 aromatic heterocycles. The van der Waals surface area contributed by atoms with Gasteiger partial charge < -0.3 is 10.6 Å². The van der Waals surface area contributed by atoms with Crippen molar-refractivity contribution in [3.8, 4) is 0 Å². The molecule has 0 spiro atoms. The number of sulfonamides is 1. The number of carbonyl (C=O) groups is 1. The molecule has 2 N–H and O–H groups in total. The number of hydrogen-bond donors (Lipinski definition) is 1. The van der Waals surface area contributed by atoms with Crippen LogP contribution >= 0.6 is 12.4 Å². The minimum atomic E-state index is -3.51. The Labute approximate surface area is 173 Å². The van der Waals surface area contributed by atoms with Gasteiger partial charge >= 0.3 is 0 Å². The number of benzene rings is 1. The highest BCUT2D eigenvalue weighted by atomic mass is 35.5.